The Morgan fingerprint density at radius 2 is 2.12 bits per heavy atom. The van der Waals surface area contributed by atoms with Gasteiger partial charge in [-0.05, 0) is 0 Å². The molecule has 0 saturated carbocycles. The maximum Gasteiger partial charge on any atom is 0.367 e. The lowest BCUT2D eigenvalue weighted by Crippen LogP contribution is -2.33. The smallest absolute Gasteiger partial charge is 0.353 e. The molecule has 0 spiro atoms. The molecule has 0 rings (SSSR count). The molecule has 2 nitrogen and oxygen atoms in total. The molecule has 0 unspecified atom stereocenters. The van der Waals surface area contributed by atoms with E-state index in [1.165, 1.54) is 0 Å². The van der Waals surface area contributed by atoms with E-state index in [0.717, 1.165) is 7.05 Å². The summed E-state index contributed by atoms with van der Waals surface area (Å²) >= 11 is 2.68. The van der Waals surface area contributed by atoms with Crippen LogP contribution in [0, 0.1) is 0 Å². The van der Waals surface area contributed by atoms with Crippen LogP contribution in [0.2, 0.25) is 0 Å². The van der Waals surface area contributed by atoms with Crippen LogP contribution in [0.15, 0.2) is 0 Å². The van der Waals surface area contributed by atoms with Crippen LogP contribution in [0.3, 0.4) is 0 Å². The molecule has 0 bridgehead atoms. The van der Waals surface area contributed by atoms with Gasteiger partial charge in [-0.15, -0.1) is 0 Å². The SMILES string of the molecule is CNC(=O)C(F)(F)S. The lowest BCUT2D eigenvalue weighted by Gasteiger charge is -2.04. The van der Waals surface area contributed by atoms with Crippen molar-refractivity contribution in [1.82, 2.24) is 5.32 Å². The summed E-state index contributed by atoms with van der Waals surface area (Å²) in [5.74, 6) is -1.39. The predicted octanol–water partition coefficient (Wildman–Crippen LogP) is 0.255. The number of hydrogen-bond donors (Lipinski definition) is 2. The zero-order valence-electron chi connectivity index (χ0n) is 4.11. The van der Waals surface area contributed by atoms with Gasteiger partial charge in [0.2, 0.25) is 0 Å². The minimum atomic E-state index is -3.55. The number of amides is 1. The molecule has 5 heteroatoms. The van der Waals surface area contributed by atoms with Crippen molar-refractivity contribution in [3.05, 3.63) is 0 Å². The highest BCUT2D eigenvalue weighted by atomic mass is 32.1. The molecule has 0 aliphatic carbocycles. The molecule has 0 fully saturated rings. The molecule has 48 valence electrons. The fourth-order valence-electron chi connectivity index (χ4n) is 0.150. The highest BCUT2D eigenvalue weighted by Gasteiger charge is 2.32. The van der Waals surface area contributed by atoms with Crippen LogP contribution in [0.1, 0.15) is 0 Å². The van der Waals surface area contributed by atoms with Gasteiger partial charge in [0.1, 0.15) is 0 Å². The molecule has 0 aromatic heterocycles. The fourth-order valence-corrected chi connectivity index (χ4v) is 0.262. The van der Waals surface area contributed by atoms with Crippen molar-refractivity contribution < 1.29 is 13.6 Å². The van der Waals surface area contributed by atoms with Gasteiger partial charge in [0.05, 0.1) is 0 Å². The summed E-state index contributed by atoms with van der Waals surface area (Å²) < 4.78 is 23.1. The number of carbonyl (C=O) groups excluding carboxylic acids is 1. The second kappa shape index (κ2) is 2.30. The second-order valence-corrected chi connectivity index (χ2v) is 1.68. The van der Waals surface area contributed by atoms with Crippen LogP contribution >= 0.6 is 12.6 Å². The first kappa shape index (κ1) is 7.68. The second-order valence-electron chi connectivity index (χ2n) is 1.12. The summed E-state index contributed by atoms with van der Waals surface area (Å²) in [6.45, 7) is 0. The standard InChI is InChI=1S/C3H5F2NOS/c1-6-2(7)3(4,5)8/h8H,1H3,(H,6,7). The monoisotopic (exact) mass is 141 g/mol. The molecule has 0 aromatic rings. The topological polar surface area (TPSA) is 29.1 Å². The summed E-state index contributed by atoms with van der Waals surface area (Å²) in [6, 6.07) is 0. The molecule has 0 atom stereocenters. The zero-order valence-corrected chi connectivity index (χ0v) is 5.01. The third-order valence-corrected chi connectivity index (χ3v) is 0.703. The van der Waals surface area contributed by atoms with Crippen molar-refractivity contribution >= 4 is 18.5 Å². The number of hydrogen-bond acceptors (Lipinski definition) is 2. The van der Waals surface area contributed by atoms with Crippen LogP contribution in [-0.2, 0) is 4.79 Å². The molecule has 0 aromatic carbocycles. The Bertz CT molecular complexity index is 99.9. The van der Waals surface area contributed by atoms with Crippen molar-refractivity contribution in [3.8, 4) is 0 Å². The summed E-state index contributed by atoms with van der Waals surface area (Å²) in [5.41, 5.74) is 0. The van der Waals surface area contributed by atoms with E-state index in [1.54, 1.807) is 5.32 Å². The van der Waals surface area contributed by atoms with Crippen LogP contribution < -0.4 is 5.32 Å². The maximum atomic E-state index is 11.6. The maximum absolute atomic E-state index is 11.6. The van der Waals surface area contributed by atoms with Crippen molar-refractivity contribution in [3.63, 3.8) is 0 Å². The van der Waals surface area contributed by atoms with Gasteiger partial charge in [0.25, 0.3) is 0 Å². The molecular formula is C3H5F2NOS. The van der Waals surface area contributed by atoms with Gasteiger partial charge in [-0.2, -0.15) is 8.78 Å². The van der Waals surface area contributed by atoms with E-state index in [4.69, 9.17) is 0 Å². The van der Waals surface area contributed by atoms with Gasteiger partial charge in [0.15, 0.2) is 0 Å². The molecule has 0 saturated heterocycles. The minimum Gasteiger partial charge on any atom is -0.353 e. The van der Waals surface area contributed by atoms with Gasteiger partial charge in [0, 0.05) is 7.05 Å². The first-order valence-corrected chi connectivity index (χ1v) is 2.25. The zero-order chi connectivity index (χ0) is 6.78. The molecule has 1 amide bonds. The van der Waals surface area contributed by atoms with Crippen molar-refractivity contribution in [1.29, 1.82) is 0 Å². The van der Waals surface area contributed by atoms with Crippen LogP contribution in [0.5, 0.6) is 0 Å². The van der Waals surface area contributed by atoms with E-state index in [0.29, 0.717) is 0 Å². The molecular weight excluding hydrogens is 136 g/mol. The van der Waals surface area contributed by atoms with Crippen molar-refractivity contribution in [2.24, 2.45) is 0 Å². The number of nitrogens with one attached hydrogen (secondary N) is 1. The average molecular weight is 141 g/mol. The van der Waals surface area contributed by atoms with E-state index in [1.807, 2.05) is 0 Å². The lowest BCUT2D eigenvalue weighted by molar-refractivity contribution is -0.134. The van der Waals surface area contributed by atoms with E-state index in [2.05, 4.69) is 12.6 Å². The number of thiol groups is 1. The molecule has 1 N–H and O–H groups in total. The van der Waals surface area contributed by atoms with Gasteiger partial charge < -0.3 is 5.32 Å². The third-order valence-electron chi connectivity index (χ3n) is 0.500. The predicted molar refractivity (Wildman–Crippen MR) is 28.0 cm³/mol. The number of rotatable bonds is 1. The van der Waals surface area contributed by atoms with E-state index < -0.39 is 11.2 Å². The Labute approximate surface area is 50.7 Å². The molecule has 0 aliphatic rings. The molecule has 0 radical (unpaired) electrons. The van der Waals surface area contributed by atoms with Gasteiger partial charge in [-0.1, -0.05) is 12.6 Å². The quantitative estimate of drug-likeness (QED) is 0.504. The minimum absolute atomic E-state index is 1.12. The van der Waals surface area contributed by atoms with Crippen LogP contribution in [0.25, 0.3) is 0 Å². The highest BCUT2D eigenvalue weighted by Crippen LogP contribution is 2.16. The Hall–Kier alpha value is -0.320. The van der Waals surface area contributed by atoms with Crippen LogP contribution in [0.4, 0.5) is 8.78 Å². The first-order chi connectivity index (χ1) is 3.48. The fraction of sp³-hybridized carbons (Fsp3) is 0.667. The Morgan fingerprint density at radius 3 is 2.12 bits per heavy atom. The van der Waals surface area contributed by atoms with E-state index in [-0.39, 0.29) is 0 Å². The molecule has 0 heterocycles. The van der Waals surface area contributed by atoms with E-state index >= 15 is 0 Å². The summed E-state index contributed by atoms with van der Waals surface area (Å²) in [7, 11) is 1.12. The molecule has 0 aliphatic heterocycles. The number of alkyl halides is 2. The average Bonchev–Trinajstić information content (AvgIpc) is 1.62. The normalized spacial score (nSPS) is 11.0. The Morgan fingerprint density at radius 1 is 1.75 bits per heavy atom. The largest absolute Gasteiger partial charge is 0.367 e. The summed E-state index contributed by atoms with van der Waals surface area (Å²) in [5, 5.41) is -1.81. The van der Waals surface area contributed by atoms with Gasteiger partial charge >= 0.3 is 11.2 Å². The Kier molecular flexibility index (Phi) is 2.21. The summed E-state index contributed by atoms with van der Waals surface area (Å²) in [4.78, 5) is 9.90. The van der Waals surface area contributed by atoms with Crippen molar-refractivity contribution in [2.75, 3.05) is 7.05 Å². The lowest BCUT2D eigenvalue weighted by atomic mass is 10.6. The number of halogens is 2. The summed E-state index contributed by atoms with van der Waals surface area (Å²) in [6.07, 6.45) is 0. The van der Waals surface area contributed by atoms with Crippen LogP contribution in [-0.4, -0.2) is 18.2 Å². The molecule has 8 heavy (non-hydrogen) atoms. The van der Waals surface area contributed by atoms with Gasteiger partial charge in [-0.3, -0.25) is 4.79 Å². The number of carbonyl (C=O) groups is 1. The first-order valence-electron chi connectivity index (χ1n) is 1.81. The van der Waals surface area contributed by atoms with Crippen molar-refractivity contribution in [2.45, 2.75) is 5.25 Å². The third kappa shape index (κ3) is 2.11. The Balaban J connectivity index is 3.82. The van der Waals surface area contributed by atoms with Gasteiger partial charge in [-0.25, -0.2) is 0 Å². The van der Waals surface area contributed by atoms with E-state index in [9.17, 15) is 13.6 Å². The highest BCUT2D eigenvalue weighted by molar-refractivity contribution is 7.82.